The number of nitrogens with zero attached hydrogens (tertiary/aromatic N) is 2. The maximum atomic E-state index is 4.40. The van der Waals surface area contributed by atoms with Gasteiger partial charge in [-0.25, -0.2) is 4.98 Å². The van der Waals surface area contributed by atoms with E-state index in [2.05, 4.69) is 15.3 Å². The number of nitrogens with one attached hydrogen (secondary N) is 1. The van der Waals surface area contributed by atoms with Crippen LogP contribution >= 0.6 is 0 Å². The number of aryl methyl sites for hydroxylation is 2. The topological polar surface area (TPSA) is 37.8 Å². The van der Waals surface area contributed by atoms with E-state index >= 15 is 0 Å². The van der Waals surface area contributed by atoms with Crippen molar-refractivity contribution in [3.8, 4) is 0 Å². The maximum absolute atomic E-state index is 4.40. The Kier molecular flexibility index (Phi) is 1.94. The predicted octanol–water partition coefficient (Wildman–Crippen LogP) is 1.53. The van der Waals surface area contributed by atoms with Crippen LogP contribution in [0.2, 0.25) is 0 Å². The van der Waals surface area contributed by atoms with Crippen LogP contribution in [0.4, 0.5) is 5.82 Å². The highest BCUT2D eigenvalue weighted by molar-refractivity contribution is 5.41. The number of rotatable bonds is 0. The second kappa shape index (κ2) is 3.09. The van der Waals surface area contributed by atoms with E-state index in [4.69, 9.17) is 0 Å². The third-order valence-corrected chi connectivity index (χ3v) is 2.10. The Morgan fingerprint density at radius 3 is 3.25 bits per heavy atom. The summed E-state index contributed by atoms with van der Waals surface area (Å²) in [5.74, 6) is 0.993. The van der Waals surface area contributed by atoms with Crippen molar-refractivity contribution in [2.45, 2.75) is 26.2 Å². The van der Waals surface area contributed by atoms with Gasteiger partial charge in [0, 0.05) is 12.7 Å². The molecule has 1 aliphatic heterocycles. The lowest BCUT2D eigenvalue weighted by Crippen LogP contribution is -2.04. The molecule has 0 unspecified atom stereocenters. The van der Waals surface area contributed by atoms with E-state index in [1.807, 2.05) is 13.1 Å². The lowest BCUT2D eigenvalue weighted by molar-refractivity contribution is 0.773. The summed E-state index contributed by atoms with van der Waals surface area (Å²) in [4.78, 5) is 8.75. The highest BCUT2D eigenvalue weighted by Gasteiger charge is 2.08. The standard InChI is InChI=1S/C9H13N3/c1-7-6-11-8-4-2-3-5-10-9(8)12-7/h6H,2-5H2,1H3,(H,10,12). The van der Waals surface area contributed by atoms with E-state index in [0.29, 0.717) is 0 Å². The number of aromatic nitrogens is 2. The van der Waals surface area contributed by atoms with Gasteiger partial charge in [-0.1, -0.05) is 0 Å². The van der Waals surface area contributed by atoms with Crippen molar-refractivity contribution in [2.24, 2.45) is 0 Å². The second-order valence-electron chi connectivity index (χ2n) is 3.19. The van der Waals surface area contributed by atoms with Crippen LogP contribution in [0.25, 0.3) is 0 Å². The Morgan fingerprint density at radius 1 is 1.42 bits per heavy atom. The minimum absolute atomic E-state index is 0.989. The first-order valence-electron chi connectivity index (χ1n) is 4.42. The summed E-state index contributed by atoms with van der Waals surface area (Å²) in [6, 6.07) is 0. The van der Waals surface area contributed by atoms with Gasteiger partial charge in [0.05, 0.1) is 11.4 Å². The van der Waals surface area contributed by atoms with Crippen LogP contribution in [-0.4, -0.2) is 16.5 Å². The minimum atomic E-state index is 0.989. The van der Waals surface area contributed by atoms with Gasteiger partial charge >= 0.3 is 0 Å². The molecule has 0 fully saturated rings. The molecule has 0 bridgehead atoms. The zero-order chi connectivity index (χ0) is 8.39. The fourth-order valence-electron chi connectivity index (χ4n) is 1.45. The molecule has 12 heavy (non-hydrogen) atoms. The van der Waals surface area contributed by atoms with Crippen molar-refractivity contribution in [3.05, 3.63) is 17.6 Å². The zero-order valence-electron chi connectivity index (χ0n) is 7.30. The van der Waals surface area contributed by atoms with Crippen molar-refractivity contribution < 1.29 is 0 Å². The maximum Gasteiger partial charge on any atom is 0.148 e. The molecule has 64 valence electrons. The molecule has 2 rings (SSSR count). The molecule has 2 heterocycles. The molecule has 1 aliphatic rings. The van der Waals surface area contributed by atoms with E-state index in [1.54, 1.807) is 0 Å². The summed E-state index contributed by atoms with van der Waals surface area (Å²) in [6.45, 7) is 3.00. The molecule has 0 atom stereocenters. The van der Waals surface area contributed by atoms with Crippen molar-refractivity contribution >= 4 is 5.82 Å². The van der Waals surface area contributed by atoms with E-state index in [1.165, 1.54) is 12.8 Å². The summed E-state index contributed by atoms with van der Waals surface area (Å²) < 4.78 is 0. The Balaban J connectivity index is 2.36. The van der Waals surface area contributed by atoms with Gasteiger partial charge in [-0.05, 0) is 26.2 Å². The molecule has 3 heteroatoms. The molecule has 3 nitrogen and oxygen atoms in total. The first-order valence-corrected chi connectivity index (χ1v) is 4.42. The molecule has 0 spiro atoms. The van der Waals surface area contributed by atoms with Crippen LogP contribution in [0, 0.1) is 6.92 Å². The van der Waals surface area contributed by atoms with E-state index in [0.717, 1.165) is 30.2 Å². The summed E-state index contributed by atoms with van der Waals surface area (Å²) in [7, 11) is 0. The molecule has 0 radical (unpaired) electrons. The fourth-order valence-corrected chi connectivity index (χ4v) is 1.45. The molecule has 1 N–H and O–H groups in total. The monoisotopic (exact) mass is 163 g/mol. The average molecular weight is 163 g/mol. The highest BCUT2D eigenvalue weighted by atomic mass is 15.0. The molecule has 0 saturated carbocycles. The van der Waals surface area contributed by atoms with Gasteiger partial charge in [-0.2, -0.15) is 0 Å². The van der Waals surface area contributed by atoms with E-state index < -0.39 is 0 Å². The quantitative estimate of drug-likeness (QED) is 0.630. The third-order valence-electron chi connectivity index (χ3n) is 2.10. The second-order valence-corrected chi connectivity index (χ2v) is 3.19. The summed E-state index contributed by atoms with van der Waals surface area (Å²) in [5.41, 5.74) is 2.11. The normalized spacial score (nSPS) is 16.1. The largest absolute Gasteiger partial charge is 0.369 e. The number of fused-ring (bicyclic) bond motifs is 1. The van der Waals surface area contributed by atoms with Crippen molar-refractivity contribution in [2.75, 3.05) is 11.9 Å². The van der Waals surface area contributed by atoms with Gasteiger partial charge in [0.25, 0.3) is 0 Å². The number of anilines is 1. The molecule has 0 aliphatic carbocycles. The molecule has 1 aromatic rings. The molecule has 0 aromatic carbocycles. The summed E-state index contributed by atoms with van der Waals surface area (Å²) in [5, 5.41) is 3.29. The highest BCUT2D eigenvalue weighted by Crippen LogP contribution is 2.16. The first kappa shape index (κ1) is 7.53. The van der Waals surface area contributed by atoms with Crippen molar-refractivity contribution in [1.29, 1.82) is 0 Å². The number of hydrogen-bond acceptors (Lipinski definition) is 3. The minimum Gasteiger partial charge on any atom is -0.369 e. The average Bonchev–Trinajstić information content (AvgIpc) is 2.28. The van der Waals surface area contributed by atoms with Crippen molar-refractivity contribution in [3.63, 3.8) is 0 Å². The van der Waals surface area contributed by atoms with Gasteiger partial charge in [0.2, 0.25) is 0 Å². The van der Waals surface area contributed by atoms with Crippen LogP contribution in [0.15, 0.2) is 6.20 Å². The SMILES string of the molecule is Cc1cnc2c(n1)NCCCC2. The van der Waals surface area contributed by atoms with Gasteiger partial charge in [0.1, 0.15) is 5.82 Å². The summed E-state index contributed by atoms with van der Waals surface area (Å²) >= 11 is 0. The van der Waals surface area contributed by atoms with Crippen LogP contribution in [0.5, 0.6) is 0 Å². The van der Waals surface area contributed by atoms with Crippen LogP contribution in [-0.2, 0) is 6.42 Å². The lowest BCUT2D eigenvalue weighted by Gasteiger charge is -2.04. The van der Waals surface area contributed by atoms with Crippen LogP contribution in [0.3, 0.4) is 0 Å². The van der Waals surface area contributed by atoms with E-state index in [-0.39, 0.29) is 0 Å². The molecule has 1 aromatic heterocycles. The predicted molar refractivity (Wildman–Crippen MR) is 48.2 cm³/mol. The van der Waals surface area contributed by atoms with Crippen LogP contribution in [0.1, 0.15) is 24.2 Å². The molecular formula is C9H13N3. The van der Waals surface area contributed by atoms with E-state index in [9.17, 15) is 0 Å². The Hall–Kier alpha value is -1.12. The van der Waals surface area contributed by atoms with Crippen molar-refractivity contribution in [1.82, 2.24) is 9.97 Å². The fraction of sp³-hybridized carbons (Fsp3) is 0.556. The smallest absolute Gasteiger partial charge is 0.148 e. The van der Waals surface area contributed by atoms with Gasteiger partial charge in [0.15, 0.2) is 0 Å². The Bertz CT molecular complexity index is 283. The molecular weight excluding hydrogens is 150 g/mol. The van der Waals surface area contributed by atoms with Crippen LogP contribution < -0.4 is 5.32 Å². The first-order chi connectivity index (χ1) is 5.86. The third kappa shape index (κ3) is 1.40. The zero-order valence-corrected chi connectivity index (χ0v) is 7.30. The Labute approximate surface area is 72.2 Å². The molecule has 0 amide bonds. The summed E-state index contributed by atoms with van der Waals surface area (Å²) in [6.07, 6.45) is 5.34. The van der Waals surface area contributed by atoms with Gasteiger partial charge in [-0.15, -0.1) is 0 Å². The lowest BCUT2D eigenvalue weighted by atomic mass is 10.2. The Morgan fingerprint density at radius 2 is 2.33 bits per heavy atom. The molecule has 0 saturated heterocycles. The number of hydrogen-bond donors (Lipinski definition) is 1. The van der Waals surface area contributed by atoms with Gasteiger partial charge < -0.3 is 5.32 Å². The van der Waals surface area contributed by atoms with Gasteiger partial charge in [-0.3, -0.25) is 4.98 Å².